The third-order valence-electron chi connectivity index (χ3n) is 8.36. The Morgan fingerprint density at radius 2 is 1.51 bits per heavy atom. The number of carboxylic acid groups (broad SMARTS) is 1. The number of aryl methyl sites for hydroxylation is 1. The molecule has 1 saturated heterocycles. The van der Waals surface area contributed by atoms with Crippen LogP contribution >= 0.6 is 11.6 Å². The van der Waals surface area contributed by atoms with E-state index in [9.17, 15) is 19.5 Å². The lowest BCUT2D eigenvalue weighted by atomic mass is 10.00. The van der Waals surface area contributed by atoms with Gasteiger partial charge in [0, 0.05) is 24.7 Å². The summed E-state index contributed by atoms with van der Waals surface area (Å²) in [7, 11) is 0. The summed E-state index contributed by atoms with van der Waals surface area (Å²) in [5.74, 6) is -1.26. The van der Waals surface area contributed by atoms with Crippen molar-refractivity contribution in [1.82, 2.24) is 14.0 Å². The standard InChI is InChI=1S/C34H38ClN3O5/c1-34(2,32(40)41)38-31(39)28-23-26(35)15-16-29(28)37(33(38)42)20-10-9-19-36-21-17-27(18-22-36)43-30(24-11-5-3-6-12-24)25-13-7-4-8-14-25/h3-8,11-16,23,27,30H,9-10,17-22H2,1-2H3,(H,40,41). The van der Waals surface area contributed by atoms with E-state index in [0.29, 0.717) is 23.5 Å². The molecule has 0 unspecified atom stereocenters. The predicted molar refractivity (Wildman–Crippen MR) is 169 cm³/mol. The number of rotatable bonds is 11. The Balaban J connectivity index is 1.21. The average molecular weight is 604 g/mol. The number of likely N-dealkylation sites (tertiary alicyclic amines) is 1. The Kier molecular flexibility index (Phi) is 9.49. The summed E-state index contributed by atoms with van der Waals surface area (Å²) in [6.45, 7) is 5.82. The highest BCUT2D eigenvalue weighted by molar-refractivity contribution is 6.31. The largest absolute Gasteiger partial charge is 0.480 e. The zero-order valence-electron chi connectivity index (χ0n) is 24.6. The van der Waals surface area contributed by atoms with Crippen molar-refractivity contribution in [2.45, 2.75) is 63.8 Å². The molecule has 0 bridgehead atoms. The Bertz CT molecular complexity index is 1640. The predicted octanol–water partition coefficient (Wildman–Crippen LogP) is 5.69. The highest BCUT2D eigenvalue weighted by Crippen LogP contribution is 2.30. The minimum absolute atomic E-state index is 0.101. The summed E-state index contributed by atoms with van der Waals surface area (Å²) in [5, 5.41) is 10.3. The van der Waals surface area contributed by atoms with Crippen LogP contribution in [0, 0.1) is 0 Å². The number of aliphatic carboxylic acids is 1. The van der Waals surface area contributed by atoms with Gasteiger partial charge in [-0.1, -0.05) is 72.3 Å². The molecule has 1 N–H and O–H groups in total. The summed E-state index contributed by atoms with van der Waals surface area (Å²) in [4.78, 5) is 41.1. The lowest BCUT2D eigenvalue weighted by Gasteiger charge is -2.34. The van der Waals surface area contributed by atoms with Crippen LogP contribution in [0.1, 0.15) is 56.8 Å². The van der Waals surface area contributed by atoms with Crippen LogP contribution in [0.5, 0.6) is 0 Å². The molecule has 0 aliphatic carbocycles. The molecule has 3 aromatic carbocycles. The second kappa shape index (κ2) is 13.3. The lowest BCUT2D eigenvalue weighted by molar-refractivity contribution is -0.146. The van der Waals surface area contributed by atoms with Crippen molar-refractivity contribution in [3.05, 3.63) is 116 Å². The van der Waals surface area contributed by atoms with Crippen LogP contribution in [-0.4, -0.2) is 50.8 Å². The molecule has 1 aliphatic rings. The van der Waals surface area contributed by atoms with E-state index in [4.69, 9.17) is 16.3 Å². The minimum Gasteiger partial charge on any atom is -0.480 e. The number of carbonyl (C=O) groups is 1. The first kappa shape index (κ1) is 30.7. The molecule has 1 aromatic heterocycles. The highest BCUT2D eigenvalue weighted by Gasteiger charge is 2.34. The van der Waals surface area contributed by atoms with E-state index in [2.05, 4.69) is 29.2 Å². The van der Waals surface area contributed by atoms with Gasteiger partial charge < -0.3 is 14.7 Å². The van der Waals surface area contributed by atoms with Crippen molar-refractivity contribution >= 4 is 28.5 Å². The first-order valence-corrected chi connectivity index (χ1v) is 15.2. The highest BCUT2D eigenvalue weighted by atomic mass is 35.5. The van der Waals surface area contributed by atoms with E-state index < -0.39 is 22.8 Å². The van der Waals surface area contributed by atoms with Crippen molar-refractivity contribution in [3.63, 3.8) is 0 Å². The fourth-order valence-corrected chi connectivity index (χ4v) is 5.99. The van der Waals surface area contributed by atoms with E-state index in [1.54, 1.807) is 12.1 Å². The Morgan fingerprint density at radius 3 is 2.09 bits per heavy atom. The normalized spacial score (nSPS) is 14.9. The third kappa shape index (κ3) is 6.77. The molecular formula is C34H38ClN3O5. The van der Waals surface area contributed by atoms with Crippen molar-refractivity contribution < 1.29 is 14.6 Å². The van der Waals surface area contributed by atoms with Crippen LogP contribution < -0.4 is 11.2 Å². The van der Waals surface area contributed by atoms with E-state index in [0.717, 1.165) is 54.6 Å². The fourth-order valence-electron chi connectivity index (χ4n) is 5.82. The van der Waals surface area contributed by atoms with Gasteiger partial charge >= 0.3 is 11.7 Å². The van der Waals surface area contributed by atoms with Gasteiger partial charge in [-0.25, -0.2) is 14.2 Å². The summed E-state index contributed by atoms with van der Waals surface area (Å²) in [6.07, 6.45) is 3.50. The van der Waals surface area contributed by atoms with Crippen molar-refractivity contribution in [3.8, 4) is 0 Å². The van der Waals surface area contributed by atoms with E-state index in [-0.39, 0.29) is 17.6 Å². The minimum atomic E-state index is -1.71. The summed E-state index contributed by atoms with van der Waals surface area (Å²) in [5.41, 5.74) is -0.229. The van der Waals surface area contributed by atoms with E-state index in [1.807, 2.05) is 36.4 Å². The van der Waals surface area contributed by atoms with Crippen LogP contribution in [-0.2, 0) is 21.6 Å². The van der Waals surface area contributed by atoms with Crippen molar-refractivity contribution in [1.29, 1.82) is 0 Å². The second-order valence-corrected chi connectivity index (χ2v) is 12.1. The average Bonchev–Trinajstić information content (AvgIpc) is 3.01. The number of halogens is 1. The number of nitrogens with zero attached hydrogens (tertiary/aromatic N) is 3. The molecule has 9 heteroatoms. The van der Waals surface area contributed by atoms with Crippen LogP contribution in [0.3, 0.4) is 0 Å². The number of hydrogen-bond donors (Lipinski definition) is 1. The maximum absolute atomic E-state index is 13.5. The first-order valence-electron chi connectivity index (χ1n) is 14.8. The molecular weight excluding hydrogens is 566 g/mol. The molecule has 0 saturated carbocycles. The van der Waals surface area contributed by atoms with Gasteiger partial charge in [-0.2, -0.15) is 0 Å². The molecule has 43 heavy (non-hydrogen) atoms. The molecule has 5 rings (SSSR count). The van der Waals surface area contributed by atoms with Gasteiger partial charge in [0.25, 0.3) is 5.56 Å². The van der Waals surface area contributed by atoms with Gasteiger partial charge in [0.15, 0.2) is 0 Å². The van der Waals surface area contributed by atoms with Gasteiger partial charge in [-0.15, -0.1) is 0 Å². The molecule has 8 nitrogen and oxygen atoms in total. The molecule has 226 valence electrons. The maximum atomic E-state index is 13.5. The number of fused-ring (bicyclic) bond motifs is 1. The summed E-state index contributed by atoms with van der Waals surface area (Å²) >= 11 is 6.16. The quantitative estimate of drug-likeness (QED) is 0.222. The molecule has 1 fully saturated rings. The molecule has 0 amide bonds. The number of aromatic nitrogens is 2. The van der Waals surface area contributed by atoms with E-state index >= 15 is 0 Å². The number of carboxylic acids is 1. The Morgan fingerprint density at radius 1 is 0.930 bits per heavy atom. The van der Waals surface area contributed by atoms with Crippen molar-refractivity contribution in [2.24, 2.45) is 0 Å². The number of hydrogen-bond acceptors (Lipinski definition) is 5. The SMILES string of the molecule is CC(C)(C(=O)O)n1c(=O)c2cc(Cl)ccc2n(CCCCN2CCC(OC(c3ccccc3)c3ccccc3)CC2)c1=O. The molecule has 0 spiro atoms. The third-order valence-corrected chi connectivity index (χ3v) is 8.60. The monoisotopic (exact) mass is 603 g/mol. The van der Waals surface area contributed by atoms with Crippen LogP contribution in [0.4, 0.5) is 0 Å². The second-order valence-electron chi connectivity index (χ2n) is 11.7. The molecule has 2 heterocycles. The van der Waals surface area contributed by atoms with Crippen LogP contribution in [0.15, 0.2) is 88.5 Å². The topological polar surface area (TPSA) is 93.8 Å². The Hall–Kier alpha value is -3.72. The smallest absolute Gasteiger partial charge is 0.332 e. The van der Waals surface area contributed by atoms with Gasteiger partial charge in [-0.3, -0.25) is 9.36 Å². The Labute approximate surface area is 256 Å². The summed E-state index contributed by atoms with van der Waals surface area (Å²) in [6, 6.07) is 25.5. The first-order chi connectivity index (χ1) is 20.7. The zero-order chi connectivity index (χ0) is 30.6. The number of ether oxygens (including phenoxy) is 1. The van der Waals surface area contributed by atoms with Gasteiger partial charge in [0.1, 0.15) is 11.6 Å². The molecule has 0 radical (unpaired) electrons. The molecule has 4 aromatic rings. The number of piperidine rings is 1. The fraction of sp³-hybridized carbons (Fsp3) is 0.382. The van der Waals surface area contributed by atoms with Crippen LogP contribution in [0.2, 0.25) is 5.02 Å². The van der Waals surface area contributed by atoms with Gasteiger partial charge in [-0.05, 0) is 75.4 Å². The van der Waals surface area contributed by atoms with Gasteiger partial charge in [0.05, 0.1) is 17.0 Å². The van der Waals surface area contributed by atoms with Crippen molar-refractivity contribution in [2.75, 3.05) is 19.6 Å². The van der Waals surface area contributed by atoms with Gasteiger partial charge in [0.2, 0.25) is 0 Å². The number of unbranched alkanes of at least 4 members (excludes halogenated alkanes) is 1. The number of benzene rings is 3. The van der Waals surface area contributed by atoms with Crippen LogP contribution in [0.25, 0.3) is 10.9 Å². The summed E-state index contributed by atoms with van der Waals surface area (Å²) < 4.78 is 9.01. The maximum Gasteiger partial charge on any atom is 0.332 e. The molecule has 1 aliphatic heterocycles. The zero-order valence-corrected chi connectivity index (χ0v) is 25.4. The lowest BCUT2D eigenvalue weighted by Crippen LogP contribution is -2.52. The van der Waals surface area contributed by atoms with E-state index in [1.165, 1.54) is 24.5 Å². The molecule has 0 atom stereocenters.